The quantitative estimate of drug-likeness (QED) is 0.0472. The molecule has 0 bridgehead atoms. The van der Waals surface area contributed by atoms with Crippen LogP contribution in [0.3, 0.4) is 0 Å². The molecule has 4 saturated heterocycles. The second-order valence-corrected chi connectivity index (χ2v) is 22.8. The van der Waals surface area contributed by atoms with Gasteiger partial charge in [0.2, 0.25) is 23.7 Å². The lowest BCUT2D eigenvalue weighted by Gasteiger charge is -2.31. The maximum atomic E-state index is 11.6. The van der Waals surface area contributed by atoms with Gasteiger partial charge >= 0.3 is 0 Å². The Kier molecular flexibility index (Phi) is 25.9. The molecule has 8 heterocycles. The first-order valence-corrected chi connectivity index (χ1v) is 30.8. The monoisotopic (exact) mass is 1180 g/mol. The molecule has 0 spiro atoms. The number of imidazole rings is 2. The van der Waals surface area contributed by atoms with Crippen molar-refractivity contribution in [1.82, 2.24) is 44.4 Å². The van der Waals surface area contributed by atoms with Gasteiger partial charge in [0.05, 0.1) is 12.7 Å². The van der Waals surface area contributed by atoms with Gasteiger partial charge in [0.1, 0.15) is 0 Å². The summed E-state index contributed by atoms with van der Waals surface area (Å²) in [6.07, 6.45) is 11.7. The summed E-state index contributed by atoms with van der Waals surface area (Å²) in [6, 6.07) is 38.5. The van der Waals surface area contributed by atoms with Crippen LogP contribution in [0.1, 0.15) is 109 Å². The summed E-state index contributed by atoms with van der Waals surface area (Å²) in [7, 11) is 0. The molecule has 4 aliphatic heterocycles. The summed E-state index contributed by atoms with van der Waals surface area (Å²) in [5.74, 6) is 3.21. The second-order valence-electron chi connectivity index (χ2n) is 22.8. The van der Waals surface area contributed by atoms with Crippen molar-refractivity contribution in [2.75, 3.05) is 86.1 Å². The van der Waals surface area contributed by atoms with Crippen molar-refractivity contribution in [3.05, 3.63) is 133 Å². The average Bonchev–Trinajstić information content (AvgIpc) is 2.15. The van der Waals surface area contributed by atoms with Crippen molar-refractivity contribution in [2.24, 2.45) is 35.0 Å². The number of carbonyl (C=O) groups excluding carboxylic acids is 2. The zero-order valence-electron chi connectivity index (χ0n) is 51.5. The van der Waals surface area contributed by atoms with Crippen molar-refractivity contribution >= 4 is 66.1 Å². The number of primary amides is 2. The first-order valence-electron chi connectivity index (χ1n) is 30.8. The minimum absolute atomic E-state index is 0. The summed E-state index contributed by atoms with van der Waals surface area (Å²) >= 11 is 0. The molecule has 0 unspecified atom stereocenters. The van der Waals surface area contributed by atoms with Gasteiger partial charge in [-0.25, -0.2) is 9.97 Å². The van der Waals surface area contributed by atoms with Gasteiger partial charge in [0, 0.05) is 91.4 Å². The second kappa shape index (κ2) is 33.8. The highest BCUT2D eigenvalue weighted by molar-refractivity contribution is 5.86. The van der Waals surface area contributed by atoms with Gasteiger partial charge in [-0.3, -0.25) is 9.59 Å². The molecule has 20 nitrogen and oxygen atoms in total. The SMILES string of the molecule is C1CCOC1.CC(C)n1cnc2c(NCc3ccc(-c4ccccc4)cc3)nc(N3CCC(C(N)=O)CC3)nc21.CC(C)n1cnc2c(NCc3ccc(-c4ccccc4)cc3)nc(N3CCC(CN)CC3)nc21.CCO.NC(=O)C1CCNCC1.[B]. The number of nitrogens with zero attached hydrogens (tertiary/aromatic N) is 10. The number of rotatable bonds is 15. The standard InChI is InChI=1S/C27H31N7O.C27H33N7.C6H12N2O.C4H8O.C2H6O.B/c1-18(2)34-17-30-23-25(29-16-19-8-10-21(11-9-19)20-6-4-3-5-7-20)31-27(32-26(23)34)33-14-12-22(13-15-33)24(28)35;1-19(2)34-18-30-24-25(31-27(32-26(24)34)33-14-12-20(16-28)13-15-33)29-17-21-8-10-23(11-9-21)22-6-4-3-5-7-22;7-6(9)5-1-3-8-4-2-5;1-2-4-5-3-1;1-2-3;/h3-11,17-18,22H,12-16H2,1-2H3,(H2,28,35)(H,29,31,32);3-11,18-20H,12-17,28H2,1-2H3,(H,29,31,32);5,8H,1-4H2,(H2,7,9);1-4H2;3H,2H2,1H3;. The first-order chi connectivity index (χ1) is 41.8. The van der Waals surface area contributed by atoms with E-state index in [-0.39, 0.29) is 50.8 Å². The molecule has 0 atom stereocenters. The molecule has 10 N–H and O–H groups in total. The van der Waals surface area contributed by atoms with E-state index >= 15 is 0 Å². The Balaban J connectivity index is 0.000000194. The number of aliphatic hydroxyl groups is 1. The zero-order valence-corrected chi connectivity index (χ0v) is 51.5. The molecule has 4 fully saturated rings. The maximum absolute atomic E-state index is 11.6. The third kappa shape index (κ3) is 18.8. The van der Waals surface area contributed by atoms with E-state index in [0.717, 1.165) is 124 Å². The van der Waals surface area contributed by atoms with E-state index in [1.165, 1.54) is 40.7 Å². The number of piperidine rings is 3. The highest BCUT2D eigenvalue weighted by atomic mass is 16.5. The van der Waals surface area contributed by atoms with Crippen LogP contribution in [0.15, 0.2) is 122 Å². The fourth-order valence-electron chi connectivity index (χ4n) is 10.7. The van der Waals surface area contributed by atoms with Gasteiger partial charge in [-0.05, 0) is 145 Å². The molecule has 4 aliphatic rings. The van der Waals surface area contributed by atoms with Gasteiger partial charge in [-0.1, -0.05) is 109 Å². The van der Waals surface area contributed by atoms with E-state index in [9.17, 15) is 9.59 Å². The molecule has 21 heteroatoms. The molecule has 3 radical (unpaired) electrons. The Bertz CT molecular complexity index is 3310. The van der Waals surface area contributed by atoms with E-state index in [4.69, 9.17) is 47.0 Å². The summed E-state index contributed by atoms with van der Waals surface area (Å²) in [5.41, 5.74) is 27.0. The summed E-state index contributed by atoms with van der Waals surface area (Å²) in [4.78, 5) is 55.4. The van der Waals surface area contributed by atoms with E-state index in [2.05, 4.69) is 170 Å². The number of amides is 2. The maximum Gasteiger partial charge on any atom is 0.229 e. The van der Waals surface area contributed by atoms with Crippen LogP contribution < -0.4 is 43.0 Å². The van der Waals surface area contributed by atoms with Gasteiger partial charge in [-0.2, -0.15) is 19.9 Å². The van der Waals surface area contributed by atoms with Crippen LogP contribution in [0.4, 0.5) is 23.5 Å². The average molecular weight is 1180 g/mol. The zero-order chi connectivity index (χ0) is 60.8. The number of hydrogen-bond donors (Lipinski definition) is 7. The number of aromatic nitrogens is 8. The van der Waals surface area contributed by atoms with Crippen LogP contribution in [0, 0.1) is 17.8 Å². The summed E-state index contributed by atoms with van der Waals surface area (Å²) < 4.78 is 9.13. The van der Waals surface area contributed by atoms with Gasteiger partial charge < -0.3 is 61.9 Å². The minimum Gasteiger partial charge on any atom is -0.397 e. The van der Waals surface area contributed by atoms with Crippen molar-refractivity contribution in [2.45, 2.75) is 111 Å². The third-order valence-electron chi connectivity index (χ3n) is 16.0. The van der Waals surface area contributed by atoms with E-state index in [1.54, 1.807) is 6.92 Å². The lowest BCUT2D eigenvalue weighted by molar-refractivity contribution is -0.123. The van der Waals surface area contributed by atoms with Gasteiger partial charge in [0.15, 0.2) is 34.0 Å². The molecule has 0 aliphatic carbocycles. The van der Waals surface area contributed by atoms with E-state index in [1.807, 2.05) is 24.8 Å². The van der Waals surface area contributed by atoms with Crippen LogP contribution >= 0.6 is 0 Å². The van der Waals surface area contributed by atoms with Crippen LogP contribution in [0.25, 0.3) is 44.6 Å². The number of nitrogens with two attached hydrogens (primary N) is 3. The number of ether oxygens (including phenoxy) is 1. The van der Waals surface area contributed by atoms with E-state index < -0.39 is 0 Å². The number of fused-ring (bicyclic) bond motifs is 2. The van der Waals surface area contributed by atoms with Gasteiger partial charge in [-0.15, -0.1) is 0 Å². The Morgan fingerprint density at radius 3 is 1.31 bits per heavy atom. The lowest BCUT2D eigenvalue weighted by Crippen LogP contribution is -2.39. The summed E-state index contributed by atoms with van der Waals surface area (Å²) in [6.45, 7) is 19.7. The number of nitrogens with one attached hydrogen (secondary N) is 3. The topological polar surface area (TPSA) is 271 Å². The predicted molar refractivity (Wildman–Crippen MR) is 351 cm³/mol. The molecule has 2 amide bonds. The van der Waals surface area contributed by atoms with Gasteiger partial charge in [0.25, 0.3) is 0 Å². The fourth-order valence-corrected chi connectivity index (χ4v) is 10.7. The van der Waals surface area contributed by atoms with Crippen LogP contribution in [0.2, 0.25) is 0 Å². The minimum atomic E-state index is -0.223. The van der Waals surface area contributed by atoms with Crippen LogP contribution in [-0.4, -0.2) is 130 Å². The highest BCUT2D eigenvalue weighted by Crippen LogP contribution is 2.31. The first kappa shape index (κ1) is 66.5. The third-order valence-corrected chi connectivity index (χ3v) is 16.0. The Hall–Kier alpha value is -7.98. The van der Waals surface area contributed by atoms with Crippen molar-refractivity contribution in [1.29, 1.82) is 0 Å². The number of aliphatic hydroxyl groups excluding tert-OH is 1. The largest absolute Gasteiger partial charge is 0.397 e. The molecule has 8 aromatic rings. The summed E-state index contributed by atoms with van der Waals surface area (Å²) in [5, 5.41) is 17.8. The molecule has 4 aromatic carbocycles. The molecule has 0 saturated carbocycles. The van der Waals surface area contributed by atoms with Crippen LogP contribution in [0.5, 0.6) is 0 Å². The molecule has 4 aromatic heterocycles. The smallest absolute Gasteiger partial charge is 0.229 e. The lowest BCUT2D eigenvalue weighted by atomic mass is 9.96. The number of carbonyl (C=O) groups is 2. The van der Waals surface area contributed by atoms with E-state index in [0.29, 0.717) is 43.9 Å². The molecular weight excluding hydrogens is 1090 g/mol. The van der Waals surface area contributed by atoms with Crippen LogP contribution in [-0.2, 0) is 27.4 Å². The highest BCUT2D eigenvalue weighted by Gasteiger charge is 2.27. The molecule has 87 heavy (non-hydrogen) atoms. The Morgan fingerprint density at radius 1 is 0.586 bits per heavy atom. The molecular formula is C66H90BN16O4. The Labute approximate surface area is 515 Å². The van der Waals surface area contributed by atoms with Crippen molar-refractivity contribution < 1.29 is 19.4 Å². The van der Waals surface area contributed by atoms with Crippen molar-refractivity contribution in [3.8, 4) is 22.3 Å². The number of benzene rings is 4. The number of anilines is 4. The Morgan fingerprint density at radius 2 is 0.966 bits per heavy atom. The number of hydrogen-bond acceptors (Lipinski definition) is 16. The van der Waals surface area contributed by atoms with Crippen molar-refractivity contribution in [3.63, 3.8) is 0 Å². The normalized spacial score (nSPS) is 15.5. The molecule has 461 valence electrons. The predicted octanol–water partition coefficient (Wildman–Crippen LogP) is 9.14. The molecule has 12 rings (SSSR count). The fraction of sp³-hybridized carbons (Fsp3) is 0.455.